The second-order valence-corrected chi connectivity index (χ2v) is 8.84. The second kappa shape index (κ2) is 8.35. The van der Waals surface area contributed by atoms with Crippen molar-refractivity contribution >= 4 is 45.0 Å². The van der Waals surface area contributed by atoms with E-state index in [2.05, 4.69) is 41.8 Å². The van der Waals surface area contributed by atoms with Crippen molar-refractivity contribution in [1.29, 1.82) is 0 Å². The molecule has 0 radical (unpaired) electrons. The SMILES string of the molecule is CCn1c(=O)/c(=C/C=C2\C=CC=CN2C)s/c1=C\c1sc2ccccc2[n+]1CC. The molecule has 0 amide bonds. The molecule has 0 saturated carbocycles. The van der Waals surface area contributed by atoms with Crippen LogP contribution in [0.15, 0.2) is 65.3 Å². The molecular formula is C23H24N3OS2+. The molecule has 29 heavy (non-hydrogen) atoms. The van der Waals surface area contributed by atoms with Crippen molar-refractivity contribution in [3.8, 4) is 0 Å². The van der Waals surface area contributed by atoms with Crippen LogP contribution in [0.3, 0.4) is 0 Å². The van der Waals surface area contributed by atoms with Gasteiger partial charge in [-0.1, -0.05) is 29.5 Å². The first-order chi connectivity index (χ1) is 14.1. The van der Waals surface area contributed by atoms with Gasteiger partial charge in [-0.2, -0.15) is 4.57 Å². The van der Waals surface area contributed by atoms with E-state index in [1.807, 2.05) is 60.0 Å². The van der Waals surface area contributed by atoms with E-state index in [4.69, 9.17) is 0 Å². The van der Waals surface area contributed by atoms with Crippen molar-refractivity contribution in [2.45, 2.75) is 26.9 Å². The van der Waals surface area contributed by atoms with E-state index in [1.54, 1.807) is 22.7 Å². The Balaban J connectivity index is 1.86. The molecule has 3 aromatic rings. The highest BCUT2D eigenvalue weighted by Crippen LogP contribution is 2.20. The summed E-state index contributed by atoms with van der Waals surface area (Å²) in [6.45, 7) is 5.74. The third kappa shape index (κ3) is 3.78. The standard InChI is InChI=1S/C23H24N3OS2/c1-4-25-18-11-6-7-12-19(18)28-21(25)16-22-26(5-2)23(27)20(29-22)14-13-17-10-8-9-15-24(17)3/h6-16H,4-5H2,1-3H3/q+1/b17-13+,20-14-. The Hall–Kier alpha value is -2.70. The zero-order chi connectivity index (χ0) is 20.4. The highest BCUT2D eigenvalue weighted by atomic mass is 32.1. The minimum absolute atomic E-state index is 0.0720. The predicted octanol–water partition coefficient (Wildman–Crippen LogP) is 2.96. The number of aryl methyl sites for hydroxylation is 1. The van der Waals surface area contributed by atoms with Gasteiger partial charge in [0.15, 0.2) is 0 Å². The summed E-state index contributed by atoms with van der Waals surface area (Å²) in [5.74, 6) is 0. The van der Waals surface area contributed by atoms with Crippen LogP contribution in [-0.2, 0) is 13.1 Å². The van der Waals surface area contributed by atoms with Crippen LogP contribution in [0.2, 0.25) is 0 Å². The number of allylic oxidation sites excluding steroid dienone is 4. The maximum Gasteiger partial charge on any atom is 0.269 e. The zero-order valence-electron chi connectivity index (χ0n) is 16.8. The summed E-state index contributed by atoms with van der Waals surface area (Å²) >= 11 is 3.32. The molecule has 0 fully saturated rings. The molecule has 1 aromatic carbocycles. The molecule has 4 nitrogen and oxygen atoms in total. The Bertz CT molecular complexity index is 1320. The topological polar surface area (TPSA) is 29.1 Å². The van der Waals surface area contributed by atoms with Gasteiger partial charge < -0.3 is 4.90 Å². The van der Waals surface area contributed by atoms with Gasteiger partial charge >= 0.3 is 0 Å². The minimum atomic E-state index is 0.0720. The molecule has 3 heterocycles. The molecule has 0 atom stereocenters. The lowest BCUT2D eigenvalue weighted by Crippen LogP contribution is -2.35. The zero-order valence-corrected chi connectivity index (χ0v) is 18.5. The molecule has 1 aliphatic heterocycles. The summed E-state index contributed by atoms with van der Waals surface area (Å²) in [4.78, 5) is 15.0. The largest absolute Gasteiger partial charge is 0.351 e. The van der Waals surface area contributed by atoms with Crippen molar-refractivity contribution in [3.63, 3.8) is 0 Å². The Kier molecular flexibility index (Phi) is 5.65. The van der Waals surface area contributed by atoms with Gasteiger partial charge in [0.05, 0.1) is 10.6 Å². The number of hydrogen-bond acceptors (Lipinski definition) is 4. The number of thiazole rings is 2. The molecule has 0 saturated heterocycles. The summed E-state index contributed by atoms with van der Waals surface area (Å²) in [5, 5.41) is 1.17. The van der Waals surface area contributed by atoms with Gasteiger partial charge in [0.1, 0.15) is 15.9 Å². The highest BCUT2D eigenvalue weighted by molar-refractivity contribution is 7.19. The fourth-order valence-electron chi connectivity index (χ4n) is 3.42. The highest BCUT2D eigenvalue weighted by Gasteiger charge is 2.17. The minimum Gasteiger partial charge on any atom is -0.351 e. The number of rotatable bonds is 4. The lowest BCUT2D eigenvalue weighted by Gasteiger charge is -2.16. The number of aromatic nitrogens is 2. The number of hydrogen-bond donors (Lipinski definition) is 0. The maximum absolute atomic E-state index is 12.9. The molecule has 0 unspecified atom stereocenters. The molecule has 0 spiro atoms. The monoisotopic (exact) mass is 422 g/mol. The van der Waals surface area contributed by atoms with Crippen molar-refractivity contribution in [1.82, 2.24) is 9.47 Å². The first-order valence-electron chi connectivity index (χ1n) is 9.74. The molecule has 2 aromatic heterocycles. The first-order valence-corrected chi connectivity index (χ1v) is 11.4. The maximum atomic E-state index is 12.9. The number of fused-ring (bicyclic) bond motifs is 1. The van der Waals surface area contributed by atoms with Crippen LogP contribution in [0.1, 0.15) is 18.9 Å². The van der Waals surface area contributed by atoms with Crippen molar-refractivity contribution < 1.29 is 4.57 Å². The summed E-state index contributed by atoms with van der Waals surface area (Å²) in [5.41, 5.74) is 2.37. The number of benzene rings is 1. The molecule has 6 heteroatoms. The Morgan fingerprint density at radius 3 is 2.69 bits per heavy atom. The Labute approximate surface area is 178 Å². The van der Waals surface area contributed by atoms with Crippen molar-refractivity contribution in [3.05, 3.63) is 85.0 Å². The van der Waals surface area contributed by atoms with E-state index < -0.39 is 0 Å². The Morgan fingerprint density at radius 2 is 1.93 bits per heavy atom. The van der Waals surface area contributed by atoms with E-state index in [-0.39, 0.29) is 5.56 Å². The lowest BCUT2D eigenvalue weighted by molar-refractivity contribution is -0.665. The van der Waals surface area contributed by atoms with Gasteiger partial charge in [-0.25, -0.2) is 0 Å². The summed E-state index contributed by atoms with van der Waals surface area (Å²) in [6, 6.07) is 8.45. The summed E-state index contributed by atoms with van der Waals surface area (Å²) < 4.78 is 7.18. The van der Waals surface area contributed by atoms with Gasteiger partial charge in [0.2, 0.25) is 5.52 Å². The van der Waals surface area contributed by atoms with Gasteiger partial charge in [-0.05, 0) is 44.2 Å². The molecular weight excluding hydrogens is 398 g/mol. The lowest BCUT2D eigenvalue weighted by atomic mass is 10.2. The fourth-order valence-corrected chi connectivity index (χ4v) is 5.71. The average molecular weight is 423 g/mol. The third-order valence-electron chi connectivity index (χ3n) is 4.95. The van der Waals surface area contributed by atoms with Crippen LogP contribution >= 0.6 is 22.7 Å². The van der Waals surface area contributed by atoms with Gasteiger partial charge in [0, 0.05) is 31.6 Å². The third-order valence-corrected chi connectivity index (χ3v) is 7.14. The average Bonchev–Trinajstić information content (AvgIpc) is 3.23. The molecule has 0 N–H and O–H groups in total. The quantitative estimate of drug-likeness (QED) is 0.605. The smallest absolute Gasteiger partial charge is 0.269 e. The molecule has 148 valence electrons. The first kappa shape index (κ1) is 19.6. The van der Waals surface area contributed by atoms with Crippen LogP contribution in [-0.4, -0.2) is 16.5 Å². The van der Waals surface area contributed by atoms with Crippen LogP contribution in [0.25, 0.3) is 22.4 Å². The van der Waals surface area contributed by atoms with E-state index in [0.29, 0.717) is 6.54 Å². The van der Waals surface area contributed by atoms with Crippen LogP contribution in [0, 0.1) is 0 Å². The van der Waals surface area contributed by atoms with Gasteiger partial charge in [-0.15, -0.1) is 11.3 Å². The number of likely N-dealkylation sites (N-methyl/N-ethyl adjacent to an activating group) is 1. The van der Waals surface area contributed by atoms with Gasteiger partial charge in [0.25, 0.3) is 10.6 Å². The van der Waals surface area contributed by atoms with Gasteiger partial charge in [-0.3, -0.25) is 9.36 Å². The van der Waals surface area contributed by atoms with E-state index in [9.17, 15) is 4.79 Å². The fraction of sp³-hybridized carbons (Fsp3) is 0.217. The van der Waals surface area contributed by atoms with Crippen LogP contribution < -0.4 is 19.3 Å². The molecule has 0 aliphatic carbocycles. The second-order valence-electron chi connectivity index (χ2n) is 6.72. The van der Waals surface area contributed by atoms with E-state index >= 15 is 0 Å². The van der Waals surface area contributed by atoms with E-state index in [1.165, 1.54) is 15.2 Å². The normalized spacial score (nSPS) is 16.7. The summed E-state index contributed by atoms with van der Waals surface area (Å²) in [6.07, 6.45) is 14.1. The number of nitrogens with zero attached hydrogens (tertiary/aromatic N) is 3. The molecule has 4 rings (SSSR count). The van der Waals surface area contributed by atoms with Crippen LogP contribution in [0.5, 0.6) is 0 Å². The van der Waals surface area contributed by atoms with Crippen molar-refractivity contribution in [2.75, 3.05) is 7.05 Å². The predicted molar refractivity (Wildman–Crippen MR) is 123 cm³/mol. The molecule has 1 aliphatic rings. The molecule has 0 bridgehead atoms. The summed E-state index contributed by atoms with van der Waals surface area (Å²) in [7, 11) is 2.00. The Morgan fingerprint density at radius 1 is 1.10 bits per heavy atom. The number of para-hydroxylation sites is 1. The van der Waals surface area contributed by atoms with Crippen molar-refractivity contribution in [2.24, 2.45) is 0 Å². The van der Waals surface area contributed by atoms with Crippen LogP contribution in [0.4, 0.5) is 0 Å². The van der Waals surface area contributed by atoms with E-state index in [0.717, 1.165) is 21.4 Å².